The third-order valence-electron chi connectivity index (χ3n) is 6.06. The molecular formula is C27H22Br2ClN3O4. The lowest BCUT2D eigenvalue weighted by Crippen LogP contribution is -2.23. The fraction of sp³-hybridized carbons (Fsp3) is 0.222. The molecule has 1 aliphatic heterocycles. The van der Waals surface area contributed by atoms with Gasteiger partial charge in [-0.1, -0.05) is 47.4 Å². The van der Waals surface area contributed by atoms with E-state index in [2.05, 4.69) is 37.0 Å². The van der Waals surface area contributed by atoms with Gasteiger partial charge in [-0.15, -0.1) is 0 Å². The molecule has 0 unspecified atom stereocenters. The van der Waals surface area contributed by atoms with E-state index in [9.17, 15) is 4.79 Å². The molecule has 1 atom stereocenters. The average molecular weight is 648 g/mol. The van der Waals surface area contributed by atoms with Gasteiger partial charge < -0.3 is 14.2 Å². The number of rotatable bonds is 7. The SMILES string of the molecule is CC[C@H](C)c1nc2ccc(Br)cc2c(=O)n1N=Cc1cc(Cl)cc(Br)c1OCc1ccc2c(c1)OCO2. The Morgan fingerprint density at radius 2 is 1.97 bits per heavy atom. The average Bonchev–Trinajstić information content (AvgIpc) is 3.35. The molecule has 0 aliphatic carbocycles. The van der Waals surface area contributed by atoms with E-state index >= 15 is 0 Å². The minimum atomic E-state index is -0.248. The number of aromatic nitrogens is 2. The van der Waals surface area contributed by atoms with Crippen LogP contribution in [0.15, 0.2) is 67.4 Å². The fourth-order valence-corrected chi connectivity index (χ4v) is 5.22. The Balaban J connectivity index is 1.53. The van der Waals surface area contributed by atoms with Crippen molar-refractivity contribution in [1.29, 1.82) is 0 Å². The summed E-state index contributed by atoms with van der Waals surface area (Å²) < 4.78 is 19.8. The zero-order valence-corrected chi connectivity index (χ0v) is 23.9. The zero-order valence-electron chi connectivity index (χ0n) is 20.0. The van der Waals surface area contributed by atoms with Crippen LogP contribution >= 0.6 is 43.5 Å². The van der Waals surface area contributed by atoms with Gasteiger partial charge in [0.05, 0.1) is 21.6 Å². The van der Waals surface area contributed by atoms with Crippen LogP contribution in [0, 0.1) is 0 Å². The third kappa shape index (κ3) is 5.39. The van der Waals surface area contributed by atoms with Crippen LogP contribution in [-0.2, 0) is 6.61 Å². The summed E-state index contributed by atoms with van der Waals surface area (Å²) in [5.41, 5.74) is 1.90. The van der Waals surface area contributed by atoms with Crippen LogP contribution in [0.5, 0.6) is 17.2 Å². The lowest BCUT2D eigenvalue weighted by atomic mass is 10.1. The van der Waals surface area contributed by atoms with Crippen molar-refractivity contribution in [3.05, 3.63) is 89.8 Å². The van der Waals surface area contributed by atoms with Gasteiger partial charge in [0.2, 0.25) is 6.79 Å². The molecule has 0 saturated heterocycles. The topological polar surface area (TPSA) is 74.9 Å². The standard InChI is InChI=1S/C27H22Br2ClN3O4/c1-3-15(2)26-32-22-6-5-18(28)10-20(22)27(34)33(26)31-12-17-9-19(30)11-21(29)25(17)35-13-16-4-7-23-24(8-16)37-14-36-23/h4-12,15H,3,13-14H2,1-2H3/t15-/m0/s1. The summed E-state index contributed by atoms with van der Waals surface area (Å²) >= 11 is 13.3. The molecule has 0 N–H and O–H groups in total. The largest absolute Gasteiger partial charge is 0.487 e. The number of ether oxygens (including phenoxy) is 3. The second kappa shape index (κ2) is 10.8. The van der Waals surface area contributed by atoms with E-state index in [1.54, 1.807) is 24.4 Å². The van der Waals surface area contributed by atoms with E-state index in [1.165, 1.54) is 4.68 Å². The zero-order chi connectivity index (χ0) is 26.1. The highest BCUT2D eigenvalue weighted by Gasteiger charge is 2.17. The van der Waals surface area contributed by atoms with E-state index in [1.807, 2.05) is 44.2 Å². The van der Waals surface area contributed by atoms with Gasteiger partial charge in [0, 0.05) is 21.0 Å². The van der Waals surface area contributed by atoms with E-state index in [0.29, 0.717) is 49.0 Å². The summed E-state index contributed by atoms with van der Waals surface area (Å²) in [4.78, 5) is 18.2. The maximum Gasteiger partial charge on any atom is 0.282 e. The number of fused-ring (bicyclic) bond motifs is 2. The van der Waals surface area contributed by atoms with Crippen LogP contribution in [0.2, 0.25) is 5.02 Å². The van der Waals surface area contributed by atoms with Crippen LogP contribution in [-0.4, -0.2) is 22.7 Å². The summed E-state index contributed by atoms with van der Waals surface area (Å²) in [6.45, 7) is 4.56. The number of hydrogen-bond acceptors (Lipinski definition) is 6. The Morgan fingerprint density at radius 1 is 1.16 bits per heavy atom. The van der Waals surface area contributed by atoms with Gasteiger partial charge in [0.15, 0.2) is 11.5 Å². The minimum absolute atomic E-state index is 0.0192. The van der Waals surface area contributed by atoms with Gasteiger partial charge in [0.25, 0.3) is 5.56 Å². The summed E-state index contributed by atoms with van der Waals surface area (Å²) in [5, 5.41) is 5.55. The molecule has 0 spiro atoms. The lowest BCUT2D eigenvalue weighted by molar-refractivity contribution is 0.174. The minimum Gasteiger partial charge on any atom is -0.487 e. The molecule has 0 bridgehead atoms. The molecule has 0 fully saturated rings. The van der Waals surface area contributed by atoms with Crippen molar-refractivity contribution < 1.29 is 14.2 Å². The summed E-state index contributed by atoms with van der Waals surface area (Å²) in [6, 6.07) is 14.6. The number of halogens is 3. The highest BCUT2D eigenvalue weighted by atomic mass is 79.9. The number of benzene rings is 3. The van der Waals surface area contributed by atoms with Crippen molar-refractivity contribution in [1.82, 2.24) is 9.66 Å². The summed E-state index contributed by atoms with van der Waals surface area (Å²) in [6.07, 6.45) is 2.38. The molecule has 0 amide bonds. The smallest absolute Gasteiger partial charge is 0.282 e. The molecule has 4 aromatic rings. The maximum atomic E-state index is 13.5. The van der Waals surface area contributed by atoms with Crippen molar-refractivity contribution in [2.45, 2.75) is 32.8 Å². The van der Waals surface area contributed by atoms with E-state index in [0.717, 1.165) is 16.5 Å². The van der Waals surface area contributed by atoms with Gasteiger partial charge in [-0.25, -0.2) is 4.98 Å². The first kappa shape index (κ1) is 25.8. The number of nitrogens with zero attached hydrogens (tertiary/aromatic N) is 3. The third-order valence-corrected chi connectivity index (χ3v) is 7.36. The Kier molecular flexibility index (Phi) is 7.55. The van der Waals surface area contributed by atoms with Gasteiger partial charge in [-0.2, -0.15) is 9.78 Å². The molecule has 5 rings (SSSR count). The molecule has 3 aromatic carbocycles. The first-order chi connectivity index (χ1) is 17.8. The molecule has 0 radical (unpaired) electrons. The van der Waals surface area contributed by atoms with Crippen LogP contribution < -0.4 is 19.8 Å². The highest BCUT2D eigenvalue weighted by molar-refractivity contribution is 9.10. The molecule has 1 aliphatic rings. The Bertz CT molecular complexity index is 1590. The molecule has 37 heavy (non-hydrogen) atoms. The van der Waals surface area contributed by atoms with Crippen molar-refractivity contribution in [3.63, 3.8) is 0 Å². The van der Waals surface area contributed by atoms with Gasteiger partial charge in [0.1, 0.15) is 18.2 Å². The van der Waals surface area contributed by atoms with Gasteiger partial charge in [-0.3, -0.25) is 4.79 Å². The van der Waals surface area contributed by atoms with Crippen molar-refractivity contribution in [2.75, 3.05) is 6.79 Å². The summed E-state index contributed by atoms with van der Waals surface area (Å²) in [5.74, 6) is 2.54. The van der Waals surface area contributed by atoms with Crippen molar-refractivity contribution >= 4 is 60.6 Å². The molecule has 2 heterocycles. The number of hydrogen-bond donors (Lipinski definition) is 0. The normalized spacial score (nSPS) is 13.4. The van der Waals surface area contributed by atoms with Crippen molar-refractivity contribution in [2.24, 2.45) is 5.10 Å². The fourth-order valence-electron chi connectivity index (χ4n) is 3.91. The van der Waals surface area contributed by atoms with Crippen molar-refractivity contribution in [3.8, 4) is 17.2 Å². The monoisotopic (exact) mass is 645 g/mol. The Hall–Kier alpha value is -2.88. The van der Waals surface area contributed by atoms with Crippen LogP contribution in [0.4, 0.5) is 0 Å². The van der Waals surface area contributed by atoms with E-state index < -0.39 is 0 Å². The predicted molar refractivity (Wildman–Crippen MR) is 151 cm³/mol. The quantitative estimate of drug-likeness (QED) is 0.197. The first-order valence-electron chi connectivity index (χ1n) is 11.6. The van der Waals surface area contributed by atoms with Crippen LogP contribution in [0.1, 0.15) is 43.1 Å². The lowest BCUT2D eigenvalue weighted by Gasteiger charge is -2.15. The van der Waals surface area contributed by atoms with Gasteiger partial charge >= 0.3 is 0 Å². The molecule has 190 valence electrons. The van der Waals surface area contributed by atoms with Crippen LogP contribution in [0.3, 0.4) is 0 Å². The van der Waals surface area contributed by atoms with E-state index in [-0.39, 0.29) is 24.9 Å². The van der Waals surface area contributed by atoms with E-state index in [4.69, 9.17) is 30.8 Å². The van der Waals surface area contributed by atoms with Gasteiger partial charge in [-0.05, 0) is 70.4 Å². The first-order valence-corrected chi connectivity index (χ1v) is 13.6. The summed E-state index contributed by atoms with van der Waals surface area (Å²) in [7, 11) is 0. The van der Waals surface area contributed by atoms with Crippen LogP contribution in [0.25, 0.3) is 10.9 Å². The highest BCUT2D eigenvalue weighted by Crippen LogP contribution is 2.35. The predicted octanol–water partition coefficient (Wildman–Crippen LogP) is 7.28. The molecular weight excluding hydrogens is 626 g/mol. The second-order valence-electron chi connectivity index (χ2n) is 8.58. The Morgan fingerprint density at radius 3 is 2.78 bits per heavy atom. The maximum absolute atomic E-state index is 13.5. The Labute approximate surface area is 235 Å². The second-order valence-corrected chi connectivity index (χ2v) is 10.8. The molecule has 7 nitrogen and oxygen atoms in total. The molecule has 0 saturated carbocycles. The molecule has 10 heteroatoms. The molecule has 1 aromatic heterocycles.